The standard InChI is InChI=1S/C23H31N3O2/c1-18(2)8-6-9-19(3)15-16-24-25-22(27)13-14-23(28)26-17-7-11-20-10-4-5-12-21(20)26/h4-5,8,10,12,15-16H,6-7,9,11,13-14,17H2,1-3H3,(H,25,27)/b19-15+,24-16+. The van der Waals surface area contributed by atoms with Crippen molar-refractivity contribution in [2.45, 2.75) is 59.3 Å². The number of fused-ring (bicyclic) bond motifs is 1. The lowest BCUT2D eigenvalue weighted by Crippen LogP contribution is -2.36. The first-order chi connectivity index (χ1) is 13.5. The summed E-state index contributed by atoms with van der Waals surface area (Å²) in [5.41, 5.74) is 7.19. The maximum atomic E-state index is 12.5. The van der Waals surface area contributed by atoms with Gasteiger partial charge in [-0.3, -0.25) is 9.59 Å². The van der Waals surface area contributed by atoms with Crippen molar-refractivity contribution in [2.75, 3.05) is 11.4 Å². The van der Waals surface area contributed by atoms with Crippen LogP contribution in [0.2, 0.25) is 0 Å². The van der Waals surface area contributed by atoms with Gasteiger partial charge in [0.25, 0.3) is 0 Å². The quantitative estimate of drug-likeness (QED) is 0.408. The van der Waals surface area contributed by atoms with Crippen molar-refractivity contribution in [2.24, 2.45) is 5.10 Å². The molecule has 1 aliphatic rings. The van der Waals surface area contributed by atoms with Crippen LogP contribution in [-0.4, -0.2) is 24.6 Å². The maximum Gasteiger partial charge on any atom is 0.240 e. The summed E-state index contributed by atoms with van der Waals surface area (Å²) in [6, 6.07) is 7.98. The minimum absolute atomic E-state index is 0.0127. The second-order valence-electron chi connectivity index (χ2n) is 7.42. The zero-order valence-corrected chi connectivity index (χ0v) is 17.2. The molecule has 0 saturated carbocycles. The largest absolute Gasteiger partial charge is 0.312 e. The highest BCUT2D eigenvalue weighted by Gasteiger charge is 2.22. The van der Waals surface area contributed by atoms with E-state index in [0.717, 1.165) is 31.4 Å². The number of allylic oxidation sites excluding steroid dienone is 4. The Balaban J connectivity index is 1.74. The Morgan fingerprint density at radius 1 is 1.14 bits per heavy atom. The second kappa shape index (κ2) is 11.2. The van der Waals surface area contributed by atoms with Gasteiger partial charge in [0.05, 0.1) is 0 Å². The first kappa shape index (κ1) is 21.6. The molecule has 150 valence electrons. The molecule has 1 aromatic rings. The average Bonchev–Trinajstić information content (AvgIpc) is 2.68. The summed E-state index contributed by atoms with van der Waals surface area (Å²) in [5, 5.41) is 3.94. The van der Waals surface area contributed by atoms with E-state index >= 15 is 0 Å². The van der Waals surface area contributed by atoms with Crippen LogP contribution in [0.4, 0.5) is 5.69 Å². The molecule has 2 rings (SSSR count). The van der Waals surface area contributed by atoms with E-state index in [0.29, 0.717) is 6.54 Å². The number of hydrogen-bond acceptors (Lipinski definition) is 3. The smallest absolute Gasteiger partial charge is 0.240 e. The Labute approximate surface area is 168 Å². The number of para-hydroxylation sites is 1. The topological polar surface area (TPSA) is 61.8 Å². The van der Waals surface area contributed by atoms with Crippen molar-refractivity contribution in [3.05, 3.63) is 53.1 Å². The molecular formula is C23H31N3O2. The molecule has 0 fully saturated rings. The number of amides is 2. The highest BCUT2D eigenvalue weighted by Crippen LogP contribution is 2.27. The van der Waals surface area contributed by atoms with E-state index in [1.807, 2.05) is 31.2 Å². The normalized spacial score (nSPS) is 14.0. The molecule has 1 aliphatic heterocycles. The maximum absolute atomic E-state index is 12.5. The summed E-state index contributed by atoms with van der Waals surface area (Å²) in [4.78, 5) is 26.3. The summed E-state index contributed by atoms with van der Waals surface area (Å²) >= 11 is 0. The lowest BCUT2D eigenvalue weighted by Gasteiger charge is -2.29. The minimum atomic E-state index is -0.245. The lowest BCUT2D eigenvalue weighted by atomic mass is 10.0. The van der Waals surface area contributed by atoms with Gasteiger partial charge in [-0.05, 0) is 64.2 Å². The minimum Gasteiger partial charge on any atom is -0.312 e. The Morgan fingerprint density at radius 3 is 2.71 bits per heavy atom. The molecule has 1 heterocycles. The molecular weight excluding hydrogens is 350 g/mol. The van der Waals surface area contributed by atoms with Crippen molar-refractivity contribution < 1.29 is 9.59 Å². The molecule has 28 heavy (non-hydrogen) atoms. The molecule has 5 heteroatoms. The van der Waals surface area contributed by atoms with Crippen LogP contribution in [0, 0.1) is 0 Å². The van der Waals surface area contributed by atoms with Crippen LogP contribution in [0.5, 0.6) is 0 Å². The summed E-state index contributed by atoms with van der Waals surface area (Å²) in [5.74, 6) is -0.258. The van der Waals surface area contributed by atoms with Gasteiger partial charge in [0.15, 0.2) is 0 Å². The van der Waals surface area contributed by atoms with Gasteiger partial charge < -0.3 is 4.90 Å². The van der Waals surface area contributed by atoms with E-state index in [1.54, 1.807) is 11.1 Å². The first-order valence-corrected chi connectivity index (χ1v) is 9.96. The Kier molecular flexibility index (Phi) is 8.66. The average molecular weight is 382 g/mol. The monoisotopic (exact) mass is 381 g/mol. The van der Waals surface area contributed by atoms with Crippen LogP contribution in [0.25, 0.3) is 0 Å². The van der Waals surface area contributed by atoms with Crippen molar-refractivity contribution in [1.29, 1.82) is 0 Å². The van der Waals surface area contributed by atoms with Crippen molar-refractivity contribution >= 4 is 23.7 Å². The van der Waals surface area contributed by atoms with E-state index < -0.39 is 0 Å². The van der Waals surface area contributed by atoms with Crippen LogP contribution in [0.15, 0.2) is 52.7 Å². The molecule has 5 nitrogen and oxygen atoms in total. The van der Waals surface area contributed by atoms with Gasteiger partial charge in [-0.2, -0.15) is 5.10 Å². The fourth-order valence-corrected chi connectivity index (χ4v) is 3.15. The second-order valence-corrected chi connectivity index (χ2v) is 7.42. The van der Waals surface area contributed by atoms with E-state index in [-0.39, 0.29) is 24.7 Å². The molecule has 0 unspecified atom stereocenters. The molecule has 1 aromatic carbocycles. The number of nitrogens with one attached hydrogen (secondary N) is 1. The van der Waals surface area contributed by atoms with E-state index in [2.05, 4.69) is 36.5 Å². The lowest BCUT2D eigenvalue weighted by molar-refractivity contribution is -0.125. The molecule has 0 aromatic heterocycles. The molecule has 0 spiro atoms. The van der Waals surface area contributed by atoms with Crippen LogP contribution < -0.4 is 10.3 Å². The molecule has 0 aliphatic carbocycles. The first-order valence-electron chi connectivity index (χ1n) is 9.96. The summed E-state index contributed by atoms with van der Waals surface area (Å²) in [6.07, 6.45) is 9.95. The van der Waals surface area contributed by atoms with Gasteiger partial charge in [-0.25, -0.2) is 5.43 Å². The summed E-state index contributed by atoms with van der Waals surface area (Å²) in [6.45, 7) is 6.93. The van der Waals surface area contributed by atoms with Crippen molar-refractivity contribution in [3.8, 4) is 0 Å². The molecule has 2 amide bonds. The number of carbonyl (C=O) groups is 2. The number of anilines is 1. The molecule has 0 radical (unpaired) electrons. The zero-order chi connectivity index (χ0) is 20.4. The number of benzene rings is 1. The highest BCUT2D eigenvalue weighted by molar-refractivity contribution is 5.96. The van der Waals surface area contributed by atoms with Crippen LogP contribution in [0.3, 0.4) is 0 Å². The Morgan fingerprint density at radius 2 is 1.93 bits per heavy atom. The molecule has 0 bridgehead atoms. The number of rotatable bonds is 8. The third kappa shape index (κ3) is 7.14. The van der Waals surface area contributed by atoms with E-state index in [9.17, 15) is 9.59 Å². The van der Waals surface area contributed by atoms with Gasteiger partial charge in [0, 0.05) is 31.3 Å². The molecule has 1 N–H and O–H groups in total. The van der Waals surface area contributed by atoms with Crippen LogP contribution in [-0.2, 0) is 16.0 Å². The zero-order valence-electron chi connectivity index (χ0n) is 17.2. The van der Waals surface area contributed by atoms with Gasteiger partial charge in [0.2, 0.25) is 11.8 Å². The third-order valence-electron chi connectivity index (χ3n) is 4.69. The number of carbonyl (C=O) groups excluding carboxylic acids is 2. The van der Waals surface area contributed by atoms with E-state index in [1.165, 1.54) is 16.7 Å². The fourth-order valence-electron chi connectivity index (χ4n) is 3.15. The van der Waals surface area contributed by atoms with E-state index in [4.69, 9.17) is 0 Å². The Hall–Kier alpha value is -2.69. The predicted molar refractivity (Wildman–Crippen MR) is 115 cm³/mol. The fraction of sp³-hybridized carbons (Fsp3) is 0.435. The molecule has 0 saturated heterocycles. The number of aryl methyl sites for hydroxylation is 1. The Bertz CT molecular complexity index is 774. The van der Waals surface area contributed by atoms with Gasteiger partial charge in [-0.15, -0.1) is 0 Å². The highest BCUT2D eigenvalue weighted by atomic mass is 16.2. The van der Waals surface area contributed by atoms with Gasteiger partial charge >= 0.3 is 0 Å². The summed E-state index contributed by atoms with van der Waals surface area (Å²) in [7, 11) is 0. The summed E-state index contributed by atoms with van der Waals surface area (Å²) < 4.78 is 0. The number of nitrogens with zero attached hydrogens (tertiary/aromatic N) is 2. The van der Waals surface area contributed by atoms with Gasteiger partial charge in [-0.1, -0.05) is 35.4 Å². The number of hydrazone groups is 1. The number of hydrogen-bond donors (Lipinski definition) is 1. The van der Waals surface area contributed by atoms with Crippen molar-refractivity contribution in [3.63, 3.8) is 0 Å². The van der Waals surface area contributed by atoms with Crippen LogP contribution in [0.1, 0.15) is 58.4 Å². The van der Waals surface area contributed by atoms with Crippen molar-refractivity contribution in [1.82, 2.24) is 5.43 Å². The molecule has 0 atom stereocenters. The van der Waals surface area contributed by atoms with Gasteiger partial charge in [0.1, 0.15) is 0 Å². The SMILES string of the molecule is CC(C)=CCC/C(C)=C/C=N/NC(=O)CCC(=O)N1CCCc2ccccc21. The predicted octanol–water partition coefficient (Wildman–Crippen LogP) is 4.54. The van der Waals surface area contributed by atoms with Crippen LogP contribution >= 0.6 is 0 Å². The third-order valence-corrected chi connectivity index (χ3v) is 4.69.